The Labute approximate surface area is 132 Å². The molecule has 0 saturated heterocycles. The number of nitrogens with two attached hydrogens (primary N) is 1. The van der Waals surface area contributed by atoms with Crippen molar-refractivity contribution >= 4 is 21.4 Å². The molecule has 120 valence electrons. The molecule has 1 heterocycles. The summed E-state index contributed by atoms with van der Waals surface area (Å²) in [5.74, 6) is 0.291. The Balaban J connectivity index is 2.30. The van der Waals surface area contributed by atoms with Crippen LogP contribution in [-0.2, 0) is 16.4 Å². The Kier molecular flexibility index (Phi) is 5.82. The summed E-state index contributed by atoms with van der Waals surface area (Å²) >= 11 is 1.40. The standard InChI is InChI=1S/C15H26N2O2S2/c1-3-13-9-10-15(20-13)21(18,19)17(4-2)14-8-6-5-7-12(14)11-16/h9-10,12,14H,3-8,11,16H2,1-2H3. The second-order valence-corrected chi connectivity index (χ2v) is 8.92. The highest BCUT2D eigenvalue weighted by atomic mass is 32.2. The highest BCUT2D eigenvalue weighted by molar-refractivity contribution is 7.91. The molecule has 1 aliphatic rings. The van der Waals surface area contributed by atoms with Gasteiger partial charge in [-0.3, -0.25) is 0 Å². The largest absolute Gasteiger partial charge is 0.330 e. The molecule has 2 rings (SSSR count). The molecule has 0 amide bonds. The van der Waals surface area contributed by atoms with Gasteiger partial charge in [-0.15, -0.1) is 11.3 Å². The molecular formula is C15H26N2O2S2. The second-order valence-electron chi connectivity index (χ2n) is 5.63. The van der Waals surface area contributed by atoms with E-state index in [0.717, 1.165) is 37.0 Å². The van der Waals surface area contributed by atoms with Crippen molar-refractivity contribution in [3.8, 4) is 0 Å². The number of thiophene rings is 1. The Hall–Kier alpha value is -0.430. The summed E-state index contributed by atoms with van der Waals surface area (Å²) in [6.07, 6.45) is 5.10. The lowest BCUT2D eigenvalue weighted by Gasteiger charge is -2.38. The van der Waals surface area contributed by atoms with Crippen LogP contribution in [0, 0.1) is 5.92 Å². The maximum absolute atomic E-state index is 12.9. The normalized spacial score (nSPS) is 23.6. The Morgan fingerprint density at radius 2 is 2.00 bits per heavy atom. The van der Waals surface area contributed by atoms with Crippen LogP contribution in [-0.4, -0.2) is 31.9 Å². The number of sulfonamides is 1. The molecule has 1 aliphatic carbocycles. The number of hydrogen-bond donors (Lipinski definition) is 1. The number of aryl methyl sites for hydroxylation is 1. The highest BCUT2D eigenvalue weighted by Crippen LogP contribution is 2.33. The van der Waals surface area contributed by atoms with Crippen molar-refractivity contribution in [2.75, 3.05) is 13.1 Å². The summed E-state index contributed by atoms with van der Waals surface area (Å²) in [4.78, 5) is 1.11. The first kappa shape index (κ1) is 16.9. The summed E-state index contributed by atoms with van der Waals surface area (Å²) in [6.45, 7) is 5.06. The van der Waals surface area contributed by atoms with Crippen molar-refractivity contribution in [1.29, 1.82) is 0 Å². The smallest absolute Gasteiger partial charge is 0.252 e. The average molecular weight is 331 g/mol. The van der Waals surface area contributed by atoms with Gasteiger partial charge in [0.15, 0.2) is 0 Å². The van der Waals surface area contributed by atoms with E-state index in [1.165, 1.54) is 11.3 Å². The van der Waals surface area contributed by atoms with Crippen LogP contribution in [0.15, 0.2) is 16.3 Å². The molecule has 1 saturated carbocycles. The molecular weight excluding hydrogens is 304 g/mol. The zero-order valence-electron chi connectivity index (χ0n) is 12.9. The van der Waals surface area contributed by atoms with Crippen LogP contribution in [0.5, 0.6) is 0 Å². The van der Waals surface area contributed by atoms with Gasteiger partial charge in [-0.1, -0.05) is 26.7 Å². The Morgan fingerprint density at radius 3 is 2.57 bits per heavy atom. The molecule has 0 radical (unpaired) electrons. The second kappa shape index (κ2) is 7.22. The summed E-state index contributed by atoms with van der Waals surface area (Å²) in [6, 6.07) is 3.74. The van der Waals surface area contributed by atoms with Gasteiger partial charge in [0.25, 0.3) is 10.0 Å². The average Bonchev–Trinajstić information content (AvgIpc) is 2.98. The molecule has 1 aromatic rings. The predicted molar refractivity (Wildman–Crippen MR) is 88.1 cm³/mol. The first-order valence-corrected chi connectivity index (χ1v) is 10.1. The number of nitrogens with zero attached hydrogens (tertiary/aromatic N) is 1. The van der Waals surface area contributed by atoms with Crippen LogP contribution in [0.2, 0.25) is 0 Å². The zero-order valence-corrected chi connectivity index (χ0v) is 14.5. The Bertz CT molecular complexity index is 554. The SMILES string of the molecule is CCc1ccc(S(=O)(=O)N(CC)C2CCCCC2CN)s1. The molecule has 0 aromatic carbocycles. The molecule has 4 nitrogen and oxygen atoms in total. The quantitative estimate of drug-likeness (QED) is 0.872. The van der Waals surface area contributed by atoms with E-state index in [0.29, 0.717) is 23.2 Å². The van der Waals surface area contributed by atoms with E-state index in [4.69, 9.17) is 5.73 Å². The van der Waals surface area contributed by atoms with Gasteiger partial charge >= 0.3 is 0 Å². The maximum Gasteiger partial charge on any atom is 0.252 e. The molecule has 0 bridgehead atoms. The van der Waals surface area contributed by atoms with E-state index in [1.807, 2.05) is 19.9 Å². The fourth-order valence-electron chi connectivity index (χ4n) is 3.23. The molecule has 1 fully saturated rings. The van der Waals surface area contributed by atoms with Crippen LogP contribution < -0.4 is 5.73 Å². The number of rotatable bonds is 6. The van der Waals surface area contributed by atoms with Crippen molar-refractivity contribution in [3.63, 3.8) is 0 Å². The van der Waals surface area contributed by atoms with Crippen molar-refractivity contribution in [2.45, 2.75) is 56.2 Å². The van der Waals surface area contributed by atoms with Gasteiger partial charge in [-0.25, -0.2) is 8.42 Å². The van der Waals surface area contributed by atoms with Crippen LogP contribution >= 0.6 is 11.3 Å². The van der Waals surface area contributed by atoms with Gasteiger partial charge in [0.05, 0.1) is 0 Å². The fourth-order valence-corrected chi connectivity index (χ4v) is 6.38. The van der Waals surface area contributed by atoms with E-state index in [9.17, 15) is 8.42 Å². The van der Waals surface area contributed by atoms with Gasteiger partial charge in [0, 0.05) is 17.5 Å². The molecule has 2 unspecified atom stereocenters. The van der Waals surface area contributed by atoms with Gasteiger partial charge < -0.3 is 5.73 Å². The minimum Gasteiger partial charge on any atom is -0.330 e. The fraction of sp³-hybridized carbons (Fsp3) is 0.733. The van der Waals surface area contributed by atoms with Crippen molar-refractivity contribution < 1.29 is 8.42 Å². The lowest BCUT2D eigenvalue weighted by Crippen LogP contribution is -2.47. The van der Waals surface area contributed by atoms with E-state index >= 15 is 0 Å². The minimum absolute atomic E-state index is 0.0610. The molecule has 21 heavy (non-hydrogen) atoms. The van der Waals surface area contributed by atoms with Crippen LogP contribution in [0.3, 0.4) is 0 Å². The third-order valence-electron chi connectivity index (χ3n) is 4.40. The van der Waals surface area contributed by atoms with Crippen LogP contribution in [0.1, 0.15) is 44.4 Å². The first-order chi connectivity index (χ1) is 10.0. The molecule has 1 aromatic heterocycles. The third-order valence-corrected chi connectivity index (χ3v) is 8.10. The first-order valence-electron chi connectivity index (χ1n) is 7.85. The van der Waals surface area contributed by atoms with Crippen LogP contribution in [0.25, 0.3) is 0 Å². The Morgan fingerprint density at radius 1 is 1.29 bits per heavy atom. The van der Waals surface area contributed by atoms with E-state index in [-0.39, 0.29) is 6.04 Å². The topological polar surface area (TPSA) is 63.4 Å². The molecule has 0 aliphatic heterocycles. The summed E-state index contributed by atoms with van der Waals surface area (Å²) in [7, 11) is -3.39. The van der Waals surface area contributed by atoms with Crippen LogP contribution in [0.4, 0.5) is 0 Å². The van der Waals surface area contributed by atoms with E-state index < -0.39 is 10.0 Å². The third kappa shape index (κ3) is 3.50. The summed E-state index contributed by atoms with van der Waals surface area (Å²) < 4.78 is 28.1. The van der Waals surface area contributed by atoms with Gasteiger partial charge in [-0.2, -0.15) is 4.31 Å². The van der Waals surface area contributed by atoms with Crippen molar-refractivity contribution in [1.82, 2.24) is 4.31 Å². The van der Waals surface area contributed by atoms with Crippen molar-refractivity contribution in [3.05, 3.63) is 17.0 Å². The minimum atomic E-state index is -3.39. The van der Waals surface area contributed by atoms with Gasteiger partial charge in [0.2, 0.25) is 0 Å². The summed E-state index contributed by atoms with van der Waals surface area (Å²) in [5.41, 5.74) is 5.87. The zero-order chi connectivity index (χ0) is 15.5. The number of hydrogen-bond acceptors (Lipinski definition) is 4. The summed E-state index contributed by atoms with van der Waals surface area (Å²) in [5, 5.41) is 0. The van der Waals surface area contributed by atoms with E-state index in [2.05, 4.69) is 0 Å². The molecule has 2 atom stereocenters. The molecule has 2 N–H and O–H groups in total. The monoisotopic (exact) mass is 330 g/mol. The lowest BCUT2D eigenvalue weighted by atomic mass is 9.84. The molecule has 6 heteroatoms. The predicted octanol–water partition coefficient (Wildman–Crippen LogP) is 2.84. The van der Waals surface area contributed by atoms with Crippen molar-refractivity contribution in [2.24, 2.45) is 11.7 Å². The lowest BCUT2D eigenvalue weighted by molar-refractivity contribution is 0.188. The van der Waals surface area contributed by atoms with E-state index in [1.54, 1.807) is 10.4 Å². The highest BCUT2D eigenvalue weighted by Gasteiger charge is 2.36. The van der Waals surface area contributed by atoms with Gasteiger partial charge in [0.1, 0.15) is 4.21 Å². The van der Waals surface area contributed by atoms with Gasteiger partial charge in [-0.05, 0) is 43.9 Å². The maximum atomic E-state index is 12.9. The molecule has 0 spiro atoms.